The third kappa shape index (κ3) is 4.23. The zero-order valence-electron chi connectivity index (χ0n) is 15.2. The highest BCUT2D eigenvalue weighted by Crippen LogP contribution is 2.26. The van der Waals surface area contributed by atoms with Gasteiger partial charge < -0.3 is 19.9 Å². The van der Waals surface area contributed by atoms with Gasteiger partial charge in [-0.2, -0.15) is 0 Å². The van der Waals surface area contributed by atoms with E-state index in [-0.39, 0.29) is 31.4 Å². The van der Waals surface area contributed by atoms with Crippen molar-refractivity contribution in [3.05, 3.63) is 35.4 Å². The van der Waals surface area contributed by atoms with Gasteiger partial charge in [-0.15, -0.1) is 12.4 Å². The Bertz CT molecular complexity index is 670. The van der Waals surface area contributed by atoms with Crippen LogP contribution in [-0.4, -0.2) is 73.6 Å². The minimum Gasteiger partial charge on any atom is -0.368 e. The van der Waals surface area contributed by atoms with Crippen molar-refractivity contribution in [2.75, 3.05) is 46.4 Å². The van der Waals surface area contributed by atoms with Crippen LogP contribution in [0.1, 0.15) is 23.2 Å². The minimum absolute atomic E-state index is 0. The number of methoxy groups -OCH3 is 1. The number of rotatable bonds is 3. The van der Waals surface area contributed by atoms with Crippen LogP contribution in [0.3, 0.4) is 0 Å². The van der Waals surface area contributed by atoms with Crippen molar-refractivity contribution in [2.24, 2.45) is 0 Å². The molecule has 0 spiro atoms. The number of piperazine rings is 1. The second kappa shape index (κ2) is 8.95. The number of benzene rings is 1. The molecule has 0 unspecified atom stereocenters. The summed E-state index contributed by atoms with van der Waals surface area (Å²) in [6.45, 7) is 2.53. The molecular formula is C18H24ClF2N3O3. The Morgan fingerprint density at radius 3 is 2.07 bits per heavy atom. The molecule has 1 aromatic carbocycles. The first-order valence-electron chi connectivity index (χ1n) is 8.77. The van der Waals surface area contributed by atoms with E-state index in [9.17, 15) is 18.4 Å². The van der Waals surface area contributed by atoms with E-state index in [1.807, 2.05) is 0 Å². The smallest absolute Gasteiger partial charge is 0.259 e. The number of hydrogen-bond acceptors (Lipinski definition) is 4. The van der Waals surface area contributed by atoms with Crippen molar-refractivity contribution in [1.29, 1.82) is 0 Å². The molecule has 150 valence electrons. The van der Waals surface area contributed by atoms with Gasteiger partial charge in [-0.25, -0.2) is 8.78 Å². The van der Waals surface area contributed by atoms with Crippen LogP contribution in [0.2, 0.25) is 0 Å². The average Bonchev–Trinajstić information content (AvgIpc) is 2.68. The summed E-state index contributed by atoms with van der Waals surface area (Å²) in [5.41, 5.74) is -1.37. The summed E-state index contributed by atoms with van der Waals surface area (Å²) in [7, 11) is 1.55. The van der Waals surface area contributed by atoms with Gasteiger partial charge in [0.1, 0.15) is 22.8 Å². The van der Waals surface area contributed by atoms with Gasteiger partial charge in [0.2, 0.25) is 0 Å². The normalized spacial score (nSPS) is 19.4. The number of piperidine rings is 1. The SMILES string of the molecule is COC1(C(=O)N2CCN(C(=O)c3c(F)cccc3F)CC2)CCNCC1.Cl. The number of amides is 2. The number of carbonyl (C=O) groups is 2. The van der Waals surface area contributed by atoms with E-state index in [2.05, 4.69) is 5.32 Å². The van der Waals surface area contributed by atoms with Crippen molar-refractivity contribution in [3.8, 4) is 0 Å². The van der Waals surface area contributed by atoms with Gasteiger partial charge in [-0.3, -0.25) is 9.59 Å². The Balaban J connectivity index is 0.00000261. The summed E-state index contributed by atoms with van der Waals surface area (Å²) in [6.07, 6.45) is 1.20. The first-order valence-corrected chi connectivity index (χ1v) is 8.77. The Morgan fingerprint density at radius 1 is 1.04 bits per heavy atom. The lowest BCUT2D eigenvalue weighted by molar-refractivity contribution is -0.159. The number of halogens is 3. The van der Waals surface area contributed by atoms with E-state index in [0.717, 1.165) is 12.1 Å². The average molecular weight is 404 g/mol. The predicted octanol–water partition coefficient (Wildman–Crippen LogP) is 1.44. The van der Waals surface area contributed by atoms with Crippen LogP contribution in [-0.2, 0) is 9.53 Å². The van der Waals surface area contributed by atoms with Crippen molar-refractivity contribution in [2.45, 2.75) is 18.4 Å². The van der Waals surface area contributed by atoms with Gasteiger partial charge in [0.25, 0.3) is 11.8 Å². The molecule has 3 rings (SSSR count). The topological polar surface area (TPSA) is 61.9 Å². The molecule has 2 saturated heterocycles. The van der Waals surface area contributed by atoms with E-state index in [1.165, 1.54) is 11.0 Å². The molecule has 6 nitrogen and oxygen atoms in total. The highest BCUT2D eigenvalue weighted by atomic mass is 35.5. The molecule has 27 heavy (non-hydrogen) atoms. The van der Waals surface area contributed by atoms with Gasteiger partial charge in [-0.1, -0.05) is 6.07 Å². The van der Waals surface area contributed by atoms with Crippen LogP contribution in [0.25, 0.3) is 0 Å². The largest absolute Gasteiger partial charge is 0.368 e. The molecule has 0 radical (unpaired) electrons. The number of ether oxygens (including phenoxy) is 1. The number of hydrogen-bond donors (Lipinski definition) is 1. The lowest BCUT2D eigenvalue weighted by atomic mass is 9.90. The van der Waals surface area contributed by atoms with Gasteiger partial charge in [0.05, 0.1) is 0 Å². The fourth-order valence-corrected chi connectivity index (χ4v) is 3.60. The fourth-order valence-electron chi connectivity index (χ4n) is 3.60. The first-order chi connectivity index (χ1) is 12.5. The van der Waals surface area contributed by atoms with Crippen LogP contribution >= 0.6 is 12.4 Å². The van der Waals surface area contributed by atoms with Crippen LogP contribution in [0.4, 0.5) is 8.78 Å². The summed E-state index contributed by atoms with van der Waals surface area (Å²) < 4.78 is 33.2. The molecule has 0 saturated carbocycles. The monoisotopic (exact) mass is 403 g/mol. The van der Waals surface area contributed by atoms with Crippen LogP contribution < -0.4 is 5.32 Å². The first kappa shape index (κ1) is 21.5. The Hall–Kier alpha value is -1.77. The number of carbonyl (C=O) groups excluding carboxylic acids is 2. The molecule has 2 fully saturated rings. The highest BCUT2D eigenvalue weighted by Gasteiger charge is 2.43. The van der Waals surface area contributed by atoms with E-state index in [0.29, 0.717) is 39.0 Å². The zero-order valence-corrected chi connectivity index (χ0v) is 16.0. The molecule has 0 atom stereocenters. The Kier molecular flexibility index (Phi) is 7.13. The fraction of sp³-hybridized carbons (Fsp3) is 0.556. The Morgan fingerprint density at radius 2 is 1.56 bits per heavy atom. The summed E-state index contributed by atoms with van der Waals surface area (Å²) in [5.74, 6) is -2.51. The zero-order chi connectivity index (χ0) is 18.7. The van der Waals surface area contributed by atoms with Crippen LogP contribution in [0, 0.1) is 11.6 Å². The van der Waals surface area contributed by atoms with Crippen molar-refractivity contribution in [3.63, 3.8) is 0 Å². The maximum atomic E-state index is 13.8. The molecule has 2 heterocycles. The third-order valence-electron chi connectivity index (χ3n) is 5.22. The molecule has 0 aliphatic carbocycles. The lowest BCUT2D eigenvalue weighted by Gasteiger charge is -2.42. The van der Waals surface area contributed by atoms with E-state index in [1.54, 1.807) is 12.0 Å². The summed E-state index contributed by atoms with van der Waals surface area (Å²) >= 11 is 0. The van der Waals surface area contributed by atoms with Crippen molar-refractivity contribution in [1.82, 2.24) is 15.1 Å². The molecule has 1 aromatic rings. The summed E-state index contributed by atoms with van der Waals surface area (Å²) in [4.78, 5) is 28.4. The minimum atomic E-state index is -0.874. The van der Waals surface area contributed by atoms with Crippen LogP contribution in [0.15, 0.2) is 18.2 Å². The molecule has 2 aliphatic heterocycles. The standard InChI is InChI=1S/C18H23F2N3O3.ClH/c1-26-18(5-7-21-8-6-18)17(25)23-11-9-22(10-12-23)16(24)15-13(19)3-2-4-14(15)20;/h2-4,21H,5-12H2,1H3;1H. The molecule has 2 amide bonds. The van der Waals surface area contributed by atoms with Gasteiger partial charge in [0, 0.05) is 33.3 Å². The maximum absolute atomic E-state index is 13.8. The van der Waals surface area contributed by atoms with Crippen molar-refractivity contribution < 1.29 is 23.1 Å². The van der Waals surface area contributed by atoms with Gasteiger partial charge in [0.15, 0.2) is 0 Å². The Labute approximate surface area is 163 Å². The molecule has 1 N–H and O–H groups in total. The third-order valence-corrected chi connectivity index (χ3v) is 5.22. The lowest BCUT2D eigenvalue weighted by Crippen LogP contribution is -2.59. The maximum Gasteiger partial charge on any atom is 0.259 e. The second-order valence-electron chi connectivity index (χ2n) is 6.63. The molecule has 9 heteroatoms. The van der Waals surface area contributed by atoms with E-state index < -0.39 is 28.7 Å². The quantitative estimate of drug-likeness (QED) is 0.829. The van der Waals surface area contributed by atoms with E-state index >= 15 is 0 Å². The number of nitrogens with one attached hydrogen (secondary N) is 1. The van der Waals surface area contributed by atoms with E-state index in [4.69, 9.17) is 4.74 Å². The summed E-state index contributed by atoms with van der Waals surface area (Å²) in [6, 6.07) is 3.35. The van der Waals surface area contributed by atoms with Gasteiger partial charge >= 0.3 is 0 Å². The molecular weight excluding hydrogens is 380 g/mol. The van der Waals surface area contributed by atoms with Crippen LogP contribution in [0.5, 0.6) is 0 Å². The predicted molar refractivity (Wildman–Crippen MR) is 97.9 cm³/mol. The number of nitrogens with zero attached hydrogens (tertiary/aromatic N) is 2. The second-order valence-corrected chi connectivity index (χ2v) is 6.63. The molecule has 0 aromatic heterocycles. The van der Waals surface area contributed by atoms with Gasteiger partial charge in [-0.05, 0) is 38.1 Å². The highest BCUT2D eigenvalue weighted by molar-refractivity contribution is 5.95. The molecule has 0 bridgehead atoms. The molecule has 2 aliphatic rings. The summed E-state index contributed by atoms with van der Waals surface area (Å²) in [5, 5.41) is 3.21. The van der Waals surface area contributed by atoms with Crippen molar-refractivity contribution >= 4 is 24.2 Å².